The molecule has 88 valence electrons. The van der Waals surface area contributed by atoms with E-state index in [0.29, 0.717) is 21.8 Å². The Kier molecular flexibility index (Phi) is 3.10. The summed E-state index contributed by atoms with van der Waals surface area (Å²) in [6, 6.07) is 3.81. The van der Waals surface area contributed by atoms with Gasteiger partial charge < -0.3 is 5.73 Å². The van der Waals surface area contributed by atoms with Gasteiger partial charge in [-0.25, -0.2) is 4.98 Å². The number of amides is 1. The molecule has 3 nitrogen and oxygen atoms in total. The predicted molar refractivity (Wildman–Crippen MR) is 72.4 cm³/mol. The van der Waals surface area contributed by atoms with Gasteiger partial charge in [0.15, 0.2) is 0 Å². The standard InChI is InChI=1S/C12H10BrClN2O/c1-5-3-7-9(12(15)17)6(2)11(14)16-10(7)8(13)4-5/h3-4H,1-2H3,(H2,15,17). The molecule has 0 saturated carbocycles. The molecule has 5 heteroatoms. The molecule has 1 aromatic carbocycles. The molecule has 1 heterocycles. The topological polar surface area (TPSA) is 56.0 Å². The second kappa shape index (κ2) is 4.27. The molecule has 0 aliphatic rings. The van der Waals surface area contributed by atoms with E-state index in [2.05, 4.69) is 20.9 Å². The minimum Gasteiger partial charge on any atom is -0.366 e. The Hall–Kier alpha value is -1.13. The number of hydrogen-bond acceptors (Lipinski definition) is 2. The molecule has 0 aliphatic heterocycles. The Morgan fingerprint density at radius 3 is 2.65 bits per heavy atom. The van der Waals surface area contributed by atoms with E-state index in [1.165, 1.54) is 0 Å². The van der Waals surface area contributed by atoms with Crippen molar-refractivity contribution >= 4 is 44.3 Å². The Labute approximate surface area is 112 Å². The summed E-state index contributed by atoms with van der Waals surface area (Å²) in [7, 11) is 0. The van der Waals surface area contributed by atoms with Crippen LogP contribution in [-0.2, 0) is 0 Å². The van der Waals surface area contributed by atoms with Gasteiger partial charge in [-0.2, -0.15) is 0 Å². The van der Waals surface area contributed by atoms with Crippen LogP contribution < -0.4 is 5.73 Å². The predicted octanol–water partition coefficient (Wildman–Crippen LogP) is 3.37. The fourth-order valence-electron chi connectivity index (χ4n) is 1.84. The van der Waals surface area contributed by atoms with Crippen LogP contribution in [0.1, 0.15) is 21.5 Å². The zero-order chi connectivity index (χ0) is 12.7. The van der Waals surface area contributed by atoms with E-state index in [1.54, 1.807) is 6.92 Å². The van der Waals surface area contributed by atoms with Gasteiger partial charge in [-0.1, -0.05) is 11.6 Å². The lowest BCUT2D eigenvalue weighted by molar-refractivity contribution is 0.100. The molecule has 0 spiro atoms. The maximum atomic E-state index is 11.5. The van der Waals surface area contributed by atoms with Crippen LogP contribution in [0, 0.1) is 13.8 Å². The third kappa shape index (κ3) is 2.03. The number of carbonyl (C=O) groups is 1. The molecule has 0 unspecified atom stereocenters. The molecule has 17 heavy (non-hydrogen) atoms. The number of aryl methyl sites for hydroxylation is 1. The van der Waals surface area contributed by atoms with Crippen LogP contribution in [0.5, 0.6) is 0 Å². The lowest BCUT2D eigenvalue weighted by Crippen LogP contribution is -2.14. The van der Waals surface area contributed by atoms with E-state index in [4.69, 9.17) is 17.3 Å². The number of primary amides is 1. The highest BCUT2D eigenvalue weighted by atomic mass is 79.9. The van der Waals surface area contributed by atoms with Crippen molar-refractivity contribution in [1.29, 1.82) is 0 Å². The van der Waals surface area contributed by atoms with Gasteiger partial charge in [-0.3, -0.25) is 4.79 Å². The molecule has 1 amide bonds. The largest absolute Gasteiger partial charge is 0.366 e. The normalized spacial score (nSPS) is 10.8. The van der Waals surface area contributed by atoms with Gasteiger partial charge in [-0.15, -0.1) is 0 Å². The summed E-state index contributed by atoms with van der Waals surface area (Å²) >= 11 is 9.43. The fraction of sp³-hybridized carbons (Fsp3) is 0.167. The van der Waals surface area contributed by atoms with Crippen LogP contribution in [-0.4, -0.2) is 10.9 Å². The van der Waals surface area contributed by atoms with Crippen molar-refractivity contribution < 1.29 is 4.79 Å². The number of nitrogens with two attached hydrogens (primary N) is 1. The van der Waals surface area contributed by atoms with Crippen LogP contribution in [0.3, 0.4) is 0 Å². The first-order chi connectivity index (χ1) is 7.91. The summed E-state index contributed by atoms with van der Waals surface area (Å²) in [6.07, 6.45) is 0. The first-order valence-corrected chi connectivity index (χ1v) is 6.14. The number of hydrogen-bond donors (Lipinski definition) is 1. The smallest absolute Gasteiger partial charge is 0.249 e. The Morgan fingerprint density at radius 1 is 1.41 bits per heavy atom. The number of pyridine rings is 1. The first-order valence-electron chi connectivity index (χ1n) is 4.97. The van der Waals surface area contributed by atoms with Crippen molar-refractivity contribution in [1.82, 2.24) is 4.98 Å². The maximum absolute atomic E-state index is 11.5. The molecule has 2 N–H and O–H groups in total. The molecular weight excluding hydrogens is 304 g/mol. The van der Waals surface area contributed by atoms with Crippen molar-refractivity contribution in [2.75, 3.05) is 0 Å². The van der Waals surface area contributed by atoms with E-state index < -0.39 is 5.91 Å². The molecule has 2 rings (SSSR count). The molecule has 0 atom stereocenters. The third-order valence-corrected chi connectivity index (χ3v) is 3.59. The number of nitrogens with zero attached hydrogens (tertiary/aromatic N) is 1. The van der Waals surface area contributed by atoms with E-state index >= 15 is 0 Å². The van der Waals surface area contributed by atoms with E-state index in [9.17, 15) is 4.79 Å². The van der Waals surface area contributed by atoms with Crippen molar-refractivity contribution in [3.05, 3.63) is 38.4 Å². The molecule has 0 radical (unpaired) electrons. The monoisotopic (exact) mass is 312 g/mol. The van der Waals surface area contributed by atoms with Crippen molar-refractivity contribution in [2.24, 2.45) is 5.73 Å². The Balaban J connectivity index is 3.03. The van der Waals surface area contributed by atoms with E-state index in [1.807, 2.05) is 19.1 Å². The van der Waals surface area contributed by atoms with Gasteiger partial charge in [0.05, 0.1) is 11.1 Å². The first kappa shape index (κ1) is 12.3. The zero-order valence-electron chi connectivity index (χ0n) is 9.34. The minimum absolute atomic E-state index is 0.302. The van der Waals surface area contributed by atoms with Gasteiger partial charge in [0, 0.05) is 9.86 Å². The van der Waals surface area contributed by atoms with Crippen LogP contribution in [0.4, 0.5) is 0 Å². The summed E-state index contributed by atoms with van der Waals surface area (Å²) in [5.41, 5.74) is 8.13. The van der Waals surface area contributed by atoms with Crippen molar-refractivity contribution in [3.63, 3.8) is 0 Å². The summed E-state index contributed by atoms with van der Waals surface area (Å²) in [4.78, 5) is 15.8. The average Bonchev–Trinajstić information content (AvgIpc) is 2.20. The molecular formula is C12H10BrClN2O. The molecule has 0 fully saturated rings. The maximum Gasteiger partial charge on any atom is 0.249 e. The highest BCUT2D eigenvalue weighted by molar-refractivity contribution is 9.10. The van der Waals surface area contributed by atoms with Gasteiger partial charge in [-0.05, 0) is 53.0 Å². The summed E-state index contributed by atoms with van der Waals surface area (Å²) in [5.74, 6) is -0.491. The second-order valence-corrected chi connectivity index (χ2v) is 5.12. The minimum atomic E-state index is -0.491. The fourth-order valence-corrected chi connectivity index (χ4v) is 2.69. The Bertz CT molecular complexity index is 640. The number of rotatable bonds is 1. The lowest BCUT2D eigenvalue weighted by atomic mass is 10.0. The summed E-state index contributed by atoms with van der Waals surface area (Å²) < 4.78 is 0.803. The zero-order valence-corrected chi connectivity index (χ0v) is 11.7. The number of aromatic nitrogens is 1. The van der Waals surface area contributed by atoms with Crippen LogP contribution in [0.2, 0.25) is 5.15 Å². The van der Waals surface area contributed by atoms with E-state index in [-0.39, 0.29) is 0 Å². The third-order valence-electron chi connectivity index (χ3n) is 2.62. The molecule has 1 aromatic heterocycles. The quantitative estimate of drug-likeness (QED) is 0.821. The SMILES string of the molecule is Cc1cc(Br)c2nc(Cl)c(C)c(C(N)=O)c2c1. The number of benzene rings is 1. The van der Waals surface area contributed by atoms with Gasteiger partial charge in [0.2, 0.25) is 5.91 Å². The number of halogens is 2. The summed E-state index contributed by atoms with van der Waals surface area (Å²) in [5, 5.41) is 1.03. The molecule has 0 bridgehead atoms. The summed E-state index contributed by atoms with van der Waals surface area (Å²) in [6.45, 7) is 3.68. The number of carbonyl (C=O) groups excluding carboxylic acids is 1. The van der Waals surface area contributed by atoms with Gasteiger partial charge >= 0.3 is 0 Å². The second-order valence-electron chi connectivity index (χ2n) is 3.91. The molecule has 0 aliphatic carbocycles. The van der Waals surface area contributed by atoms with E-state index in [0.717, 1.165) is 15.4 Å². The highest BCUT2D eigenvalue weighted by Crippen LogP contribution is 2.31. The van der Waals surface area contributed by atoms with Crippen LogP contribution in [0.25, 0.3) is 10.9 Å². The highest BCUT2D eigenvalue weighted by Gasteiger charge is 2.16. The Morgan fingerprint density at radius 2 is 2.06 bits per heavy atom. The average molecular weight is 314 g/mol. The molecule has 2 aromatic rings. The number of fused-ring (bicyclic) bond motifs is 1. The van der Waals surface area contributed by atoms with Crippen molar-refractivity contribution in [3.8, 4) is 0 Å². The van der Waals surface area contributed by atoms with Gasteiger partial charge in [0.25, 0.3) is 0 Å². The van der Waals surface area contributed by atoms with Crippen LogP contribution >= 0.6 is 27.5 Å². The molecule has 0 saturated heterocycles. The van der Waals surface area contributed by atoms with Gasteiger partial charge in [0.1, 0.15) is 5.15 Å². The lowest BCUT2D eigenvalue weighted by Gasteiger charge is -2.10. The van der Waals surface area contributed by atoms with Crippen LogP contribution in [0.15, 0.2) is 16.6 Å². The van der Waals surface area contributed by atoms with Crippen molar-refractivity contribution in [2.45, 2.75) is 13.8 Å².